The summed E-state index contributed by atoms with van der Waals surface area (Å²) in [6, 6.07) is 14.3. The summed E-state index contributed by atoms with van der Waals surface area (Å²) in [7, 11) is 0. The molecule has 2 N–H and O–H groups in total. The van der Waals surface area contributed by atoms with Crippen molar-refractivity contribution in [2.75, 3.05) is 23.4 Å². The molecule has 26 heavy (non-hydrogen) atoms. The van der Waals surface area contributed by atoms with Crippen LogP contribution in [0, 0.1) is 0 Å². The Balaban J connectivity index is 1.48. The van der Waals surface area contributed by atoms with Crippen LogP contribution in [-0.2, 0) is 4.74 Å². The number of hydrogen-bond donors (Lipinski definition) is 2. The van der Waals surface area contributed by atoms with E-state index in [9.17, 15) is 9.59 Å². The van der Waals surface area contributed by atoms with Gasteiger partial charge in [-0.25, -0.2) is 9.78 Å². The summed E-state index contributed by atoms with van der Waals surface area (Å²) < 4.78 is 4.92. The Labute approximate surface area is 149 Å². The number of aromatic nitrogens is 2. The van der Waals surface area contributed by atoms with Crippen molar-refractivity contribution >= 4 is 23.4 Å². The van der Waals surface area contributed by atoms with Crippen LogP contribution in [0.2, 0.25) is 0 Å². The fourth-order valence-corrected chi connectivity index (χ4v) is 2.79. The SMILES string of the molecule is O=C(Nc1cccc(-c2ncc[nH]2)c1)c1ccc(N2CCOC2=O)cc1. The lowest BCUT2D eigenvalue weighted by atomic mass is 10.1. The number of nitrogens with one attached hydrogen (secondary N) is 2. The molecule has 0 spiro atoms. The predicted octanol–water partition coefficient (Wildman–Crippen LogP) is 3.29. The van der Waals surface area contributed by atoms with Gasteiger partial charge < -0.3 is 15.0 Å². The van der Waals surface area contributed by atoms with Crippen LogP contribution in [0.25, 0.3) is 11.4 Å². The van der Waals surface area contributed by atoms with E-state index in [1.165, 1.54) is 4.90 Å². The van der Waals surface area contributed by atoms with E-state index in [4.69, 9.17) is 4.74 Å². The Kier molecular flexibility index (Phi) is 4.10. The van der Waals surface area contributed by atoms with Gasteiger partial charge in [0.15, 0.2) is 0 Å². The molecule has 7 nitrogen and oxygen atoms in total. The van der Waals surface area contributed by atoms with E-state index in [2.05, 4.69) is 15.3 Å². The first kappa shape index (κ1) is 15.9. The van der Waals surface area contributed by atoms with Crippen molar-refractivity contribution in [1.29, 1.82) is 0 Å². The predicted molar refractivity (Wildman–Crippen MR) is 97.1 cm³/mol. The van der Waals surface area contributed by atoms with Crippen LogP contribution >= 0.6 is 0 Å². The molecule has 3 aromatic rings. The Morgan fingerprint density at radius 2 is 2.04 bits per heavy atom. The zero-order chi connectivity index (χ0) is 17.9. The second kappa shape index (κ2) is 6.72. The van der Waals surface area contributed by atoms with Crippen molar-refractivity contribution in [2.45, 2.75) is 0 Å². The topological polar surface area (TPSA) is 87.3 Å². The van der Waals surface area contributed by atoms with E-state index in [0.717, 1.165) is 11.4 Å². The molecule has 1 aliphatic heterocycles. The van der Waals surface area contributed by atoms with Gasteiger partial charge in [0.25, 0.3) is 5.91 Å². The molecule has 1 aromatic heterocycles. The normalized spacial score (nSPS) is 13.5. The molecule has 0 unspecified atom stereocenters. The van der Waals surface area contributed by atoms with Crippen LogP contribution in [0.15, 0.2) is 60.9 Å². The molecule has 4 rings (SSSR count). The van der Waals surface area contributed by atoms with Gasteiger partial charge in [-0.05, 0) is 36.4 Å². The number of carbonyl (C=O) groups excluding carboxylic acids is 2. The smallest absolute Gasteiger partial charge is 0.414 e. The van der Waals surface area contributed by atoms with E-state index in [0.29, 0.717) is 30.1 Å². The Bertz CT molecular complexity index is 936. The largest absolute Gasteiger partial charge is 0.447 e. The van der Waals surface area contributed by atoms with Gasteiger partial charge in [0, 0.05) is 34.9 Å². The first-order valence-electron chi connectivity index (χ1n) is 8.16. The van der Waals surface area contributed by atoms with Crippen LogP contribution in [-0.4, -0.2) is 35.1 Å². The molecule has 2 amide bonds. The highest BCUT2D eigenvalue weighted by molar-refractivity contribution is 6.05. The minimum Gasteiger partial charge on any atom is -0.447 e. The summed E-state index contributed by atoms with van der Waals surface area (Å²) in [5, 5.41) is 2.87. The number of H-pyrrole nitrogens is 1. The number of carbonyl (C=O) groups is 2. The number of hydrogen-bond acceptors (Lipinski definition) is 4. The molecule has 1 saturated heterocycles. The summed E-state index contributed by atoms with van der Waals surface area (Å²) in [5.74, 6) is 0.514. The summed E-state index contributed by atoms with van der Waals surface area (Å²) in [6.45, 7) is 0.900. The molecular weight excluding hydrogens is 332 g/mol. The van der Waals surface area contributed by atoms with E-state index in [-0.39, 0.29) is 12.0 Å². The first-order chi connectivity index (χ1) is 12.7. The van der Waals surface area contributed by atoms with Crippen LogP contribution in [0.4, 0.5) is 16.2 Å². The Hall–Kier alpha value is -3.61. The lowest BCUT2D eigenvalue weighted by Gasteiger charge is -2.13. The third-order valence-corrected chi connectivity index (χ3v) is 4.09. The lowest BCUT2D eigenvalue weighted by Crippen LogP contribution is -2.23. The third-order valence-electron chi connectivity index (χ3n) is 4.09. The highest BCUT2D eigenvalue weighted by Crippen LogP contribution is 2.21. The minimum atomic E-state index is -0.364. The molecule has 7 heteroatoms. The third kappa shape index (κ3) is 3.14. The molecular formula is C19H16N4O3. The molecule has 0 saturated carbocycles. The minimum absolute atomic E-state index is 0.225. The maximum absolute atomic E-state index is 12.5. The van der Waals surface area contributed by atoms with Gasteiger partial charge in [-0.15, -0.1) is 0 Å². The molecule has 130 valence electrons. The summed E-state index contributed by atoms with van der Waals surface area (Å²) >= 11 is 0. The highest BCUT2D eigenvalue weighted by atomic mass is 16.6. The maximum Gasteiger partial charge on any atom is 0.414 e. The Morgan fingerprint density at radius 1 is 1.19 bits per heavy atom. The Morgan fingerprint density at radius 3 is 2.73 bits per heavy atom. The van der Waals surface area contributed by atoms with Crippen LogP contribution in [0.3, 0.4) is 0 Å². The van der Waals surface area contributed by atoms with Gasteiger partial charge >= 0.3 is 6.09 Å². The van der Waals surface area contributed by atoms with Gasteiger partial charge in [0.05, 0.1) is 6.54 Å². The molecule has 1 aliphatic rings. The number of aromatic amines is 1. The number of anilines is 2. The maximum atomic E-state index is 12.5. The quantitative estimate of drug-likeness (QED) is 0.757. The number of benzene rings is 2. The van der Waals surface area contributed by atoms with Gasteiger partial charge in [-0.3, -0.25) is 9.69 Å². The number of ether oxygens (including phenoxy) is 1. The van der Waals surface area contributed by atoms with Crippen molar-refractivity contribution in [2.24, 2.45) is 0 Å². The number of nitrogens with zero attached hydrogens (tertiary/aromatic N) is 2. The van der Waals surface area contributed by atoms with Crippen LogP contribution in [0.5, 0.6) is 0 Å². The van der Waals surface area contributed by atoms with Crippen molar-refractivity contribution in [3.63, 3.8) is 0 Å². The molecule has 2 aromatic carbocycles. The molecule has 0 radical (unpaired) electrons. The molecule has 0 atom stereocenters. The second-order valence-electron chi connectivity index (χ2n) is 5.79. The fraction of sp³-hybridized carbons (Fsp3) is 0.105. The molecule has 2 heterocycles. The standard InChI is InChI=1S/C19H16N4O3/c24-18(13-4-6-16(7-5-13)23-10-11-26-19(23)25)22-15-3-1-2-14(12-15)17-20-8-9-21-17/h1-9,12H,10-11H2,(H,20,21)(H,22,24). The average Bonchev–Trinajstić information content (AvgIpc) is 3.34. The number of rotatable bonds is 4. The van der Waals surface area contributed by atoms with Gasteiger partial charge in [0.1, 0.15) is 12.4 Å². The molecule has 1 fully saturated rings. The number of amides is 2. The fourth-order valence-electron chi connectivity index (χ4n) is 2.79. The van der Waals surface area contributed by atoms with E-state index in [1.807, 2.05) is 24.3 Å². The van der Waals surface area contributed by atoms with Gasteiger partial charge in [0.2, 0.25) is 0 Å². The summed E-state index contributed by atoms with van der Waals surface area (Å²) in [4.78, 5) is 32.8. The zero-order valence-corrected chi connectivity index (χ0v) is 13.8. The summed E-state index contributed by atoms with van der Waals surface area (Å²) in [6.07, 6.45) is 3.06. The number of imidazole rings is 1. The average molecular weight is 348 g/mol. The van der Waals surface area contributed by atoms with E-state index >= 15 is 0 Å². The van der Waals surface area contributed by atoms with Gasteiger partial charge in [-0.2, -0.15) is 0 Å². The van der Waals surface area contributed by atoms with Crippen molar-refractivity contribution in [3.05, 3.63) is 66.5 Å². The number of cyclic esters (lactones) is 1. The van der Waals surface area contributed by atoms with Crippen molar-refractivity contribution in [1.82, 2.24) is 9.97 Å². The van der Waals surface area contributed by atoms with Crippen LogP contribution < -0.4 is 10.2 Å². The first-order valence-corrected chi connectivity index (χ1v) is 8.16. The van der Waals surface area contributed by atoms with Crippen LogP contribution in [0.1, 0.15) is 10.4 Å². The summed E-state index contributed by atoms with van der Waals surface area (Å²) in [5.41, 5.74) is 2.78. The molecule has 0 aliphatic carbocycles. The monoisotopic (exact) mass is 348 g/mol. The second-order valence-corrected chi connectivity index (χ2v) is 5.79. The van der Waals surface area contributed by atoms with E-state index < -0.39 is 0 Å². The van der Waals surface area contributed by atoms with Gasteiger partial charge in [-0.1, -0.05) is 12.1 Å². The van der Waals surface area contributed by atoms with E-state index in [1.54, 1.807) is 36.7 Å². The highest BCUT2D eigenvalue weighted by Gasteiger charge is 2.23. The van der Waals surface area contributed by atoms with Crippen molar-refractivity contribution < 1.29 is 14.3 Å². The molecule has 0 bridgehead atoms. The van der Waals surface area contributed by atoms with Crippen molar-refractivity contribution in [3.8, 4) is 11.4 Å². The zero-order valence-electron chi connectivity index (χ0n) is 13.8. The lowest BCUT2D eigenvalue weighted by molar-refractivity contribution is 0.102.